The summed E-state index contributed by atoms with van der Waals surface area (Å²) < 4.78 is 0. The molecule has 0 saturated carbocycles. The van der Waals surface area contributed by atoms with Gasteiger partial charge in [-0.05, 0) is 37.8 Å². The quantitative estimate of drug-likeness (QED) is 0.868. The van der Waals surface area contributed by atoms with E-state index in [0.29, 0.717) is 31.0 Å². The number of aromatic nitrogens is 2. The third-order valence-electron chi connectivity index (χ3n) is 5.85. The fourth-order valence-electron chi connectivity index (χ4n) is 4.26. The summed E-state index contributed by atoms with van der Waals surface area (Å²) in [6.45, 7) is 3.47. The van der Waals surface area contributed by atoms with Crippen LogP contribution in [-0.4, -0.2) is 51.7 Å². The number of anilines is 1. The number of likely N-dealkylation sites (tertiary alicyclic amines) is 1. The van der Waals surface area contributed by atoms with E-state index < -0.39 is 0 Å². The van der Waals surface area contributed by atoms with Gasteiger partial charge in [0.1, 0.15) is 5.82 Å². The lowest BCUT2D eigenvalue weighted by Crippen LogP contribution is -2.40. The molecule has 4 rings (SSSR count). The minimum absolute atomic E-state index is 0.0213. The highest BCUT2D eigenvalue weighted by Gasteiger charge is 2.32. The summed E-state index contributed by atoms with van der Waals surface area (Å²) in [5.74, 6) is 1.56. The van der Waals surface area contributed by atoms with Gasteiger partial charge >= 0.3 is 0 Å². The monoisotopic (exact) mass is 393 g/mol. The molecule has 29 heavy (non-hydrogen) atoms. The Labute approximate surface area is 171 Å². The smallest absolute Gasteiger partial charge is 0.254 e. The van der Waals surface area contributed by atoms with Crippen LogP contribution in [0.3, 0.4) is 0 Å². The molecule has 0 aliphatic carbocycles. The van der Waals surface area contributed by atoms with Gasteiger partial charge in [0.15, 0.2) is 5.82 Å². The molecular weight excluding hydrogens is 366 g/mol. The Hall–Kier alpha value is -2.96. The topological polar surface area (TPSA) is 78.4 Å². The molecule has 2 amide bonds. The second kappa shape index (κ2) is 8.19. The molecule has 2 aromatic rings. The molecule has 1 aromatic heterocycles. The zero-order valence-corrected chi connectivity index (χ0v) is 17.0. The number of carbonyl (C=O) groups is 2. The molecule has 3 heterocycles. The van der Waals surface area contributed by atoms with Crippen LogP contribution in [0, 0.1) is 0 Å². The first kappa shape index (κ1) is 19.4. The van der Waals surface area contributed by atoms with Gasteiger partial charge in [-0.15, -0.1) is 0 Å². The number of benzene rings is 1. The molecule has 1 atom stereocenters. The zero-order chi connectivity index (χ0) is 20.4. The maximum Gasteiger partial charge on any atom is 0.254 e. The number of hydrogen-bond acceptors (Lipinski definition) is 5. The summed E-state index contributed by atoms with van der Waals surface area (Å²) in [5.41, 5.74) is 2.65. The number of amides is 2. The number of rotatable bonds is 3. The molecule has 2 aliphatic rings. The van der Waals surface area contributed by atoms with Crippen LogP contribution in [0.1, 0.15) is 59.7 Å². The molecule has 7 nitrogen and oxygen atoms in total. The number of carbonyl (C=O) groups excluding carboxylic acids is 2. The van der Waals surface area contributed by atoms with Crippen molar-refractivity contribution in [2.45, 2.75) is 45.2 Å². The molecule has 1 N–H and O–H groups in total. The highest BCUT2D eigenvalue weighted by molar-refractivity contribution is 5.94. The molecular formula is C22H27N5O2. The van der Waals surface area contributed by atoms with Crippen molar-refractivity contribution >= 4 is 17.6 Å². The second-order valence-electron chi connectivity index (χ2n) is 7.67. The zero-order valence-electron chi connectivity index (χ0n) is 17.0. The van der Waals surface area contributed by atoms with E-state index in [1.807, 2.05) is 47.2 Å². The van der Waals surface area contributed by atoms with Crippen LogP contribution >= 0.6 is 0 Å². The van der Waals surface area contributed by atoms with Crippen LogP contribution in [-0.2, 0) is 17.8 Å². The Morgan fingerprint density at radius 3 is 2.62 bits per heavy atom. The van der Waals surface area contributed by atoms with Crippen molar-refractivity contribution in [1.29, 1.82) is 0 Å². The van der Waals surface area contributed by atoms with Crippen molar-refractivity contribution in [1.82, 2.24) is 19.8 Å². The minimum Gasteiger partial charge on any atom is -0.373 e. The Bertz CT molecular complexity index is 915. The van der Waals surface area contributed by atoms with E-state index in [-0.39, 0.29) is 17.9 Å². The van der Waals surface area contributed by atoms with Crippen molar-refractivity contribution in [2.75, 3.05) is 25.5 Å². The summed E-state index contributed by atoms with van der Waals surface area (Å²) >= 11 is 0. The largest absolute Gasteiger partial charge is 0.373 e. The molecule has 0 bridgehead atoms. The molecule has 0 spiro atoms. The first-order chi connectivity index (χ1) is 14.1. The van der Waals surface area contributed by atoms with Gasteiger partial charge in [0.2, 0.25) is 5.91 Å². The third kappa shape index (κ3) is 3.81. The van der Waals surface area contributed by atoms with Crippen LogP contribution in [0.4, 0.5) is 5.82 Å². The number of hydrogen-bond donors (Lipinski definition) is 1. The summed E-state index contributed by atoms with van der Waals surface area (Å²) in [7, 11) is 1.86. The van der Waals surface area contributed by atoms with Gasteiger partial charge in [0, 0.05) is 38.2 Å². The minimum atomic E-state index is -0.151. The first-order valence-electron chi connectivity index (χ1n) is 10.3. The highest BCUT2D eigenvalue weighted by atomic mass is 16.2. The van der Waals surface area contributed by atoms with Gasteiger partial charge in [-0.25, -0.2) is 9.97 Å². The molecule has 2 aliphatic heterocycles. The third-order valence-corrected chi connectivity index (χ3v) is 5.85. The summed E-state index contributed by atoms with van der Waals surface area (Å²) in [6, 6.07) is 9.24. The standard InChI is InChI=1S/C22H27N5O2/c1-15(28)26-13-11-17-18(14-26)24-21(25-20(17)23-2)19-10-6-7-12-27(19)22(29)16-8-4-3-5-9-16/h3-5,8-9,19H,6-7,10-14H2,1-2H3,(H,23,24,25)/t19-/m1/s1. The van der Waals surface area contributed by atoms with Crippen LogP contribution in [0.15, 0.2) is 30.3 Å². The first-order valence-corrected chi connectivity index (χ1v) is 10.3. The predicted molar refractivity (Wildman–Crippen MR) is 110 cm³/mol. The summed E-state index contributed by atoms with van der Waals surface area (Å²) in [4.78, 5) is 38.4. The van der Waals surface area contributed by atoms with Gasteiger partial charge in [-0.2, -0.15) is 0 Å². The average molecular weight is 393 g/mol. The van der Waals surface area contributed by atoms with Gasteiger partial charge in [-0.3, -0.25) is 9.59 Å². The van der Waals surface area contributed by atoms with Crippen LogP contribution in [0.25, 0.3) is 0 Å². The Balaban J connectivity index is 1.69. The SMILES string of the molecule is CNc1nc([C@H]2CCCCN2C(=O)c2ccccc2)nc2c1CCN(C(C)=O)C2. The lowest BCUT2D eigenvalue weighted by atomic mass is 9.98. The predicted octanol–water partition coefficient (Wildman–Crippen LogP) is 2.79. The molecule has 0 radical (unpaired) electrons. The van der Waals surface area contributed by atoms with Crippen molar-refractivity contribution in [3.63, 3.8) is 0 Å². The van der Waals surface area contributed by atoms with Crippen LogP contribution < -0.4 is 5.32 Å². The van der Waals surface area contributed by atoms with Gasteiger partial charge in [-0.1, -0.05) is 18.2 Å². The van der Waals surface area contributed by atoms with Crippen LogP contribution in [0.5, 0.6) is 0 Å². The van der Waals surface area contributed by atoms with Gasteiger partial charge in [0.25, 0.3) is 5.91 Å². The van der Waals surface area contributed by atoms with E-state index in [2.05, 4.69) is 5.32 Å². The van der Waals surface area contributed by atoms with E-state index in [0.717, 1.165) is 42.8 Å². The summed E-state index contributed by atoms with van der Waals surface area (Å²) in [6.07, 6.45) is 3.61. The fraction of sp³-hybridized carbons (Fsp3) is 0.455. The molecule has 7 heteroatoms. The van der Waals surface area contributed by atoms with E-state index >= 15 is 0 Å². The molecule has 0 unspecified atom stereocenters. The normalized spacial score (nSPS) is 18.9. The second-order valence-corrected chi connectivity index (χ2v) is 7.67. The summed E-state index contributed by atoms with van der Waals surface area (Å²) in [5, 5.41) is 3.20. The van der Waals surface area contributed by atoms with E-state index in [9.17, 15) is 9.59 Å². The number of nitrogens with one attached hydrogen (secondary N) is 1. The Kier molecular flexibility index (Phi) is 5.47. The maximum absolute atomic E-state index is 13.2. The number of fused-ring (bicyclic) bond motifs is 1. The average Bonchev–Trinajstić information content (AvgIpc) is 2.77. The van der Waals surface area contributed by atoms with Gasteiger partial charge < -0.3 is 15.1 Å². The van der Waals surface area contributed by atoms with Crippen LogP contribution in [0.2, 0.25) is 0 Å². The Morgan fingerprint density at radius 1 is 1.10 bits per heavy atom. The highest BCUT2D eigenvalue weighted by Crippen LogP contribution is 2.33. The van der Waals surface area contributed by atoms with E-state index in [4.69, 9.17) is 9.97 Å². The van der Waals surface area contributed by atoms with Crippen molar-refractivity contribution < 1.29 is 9.59 Å². The maximum atomic E-state index is 13.2. The number of nitrogens with zero attached hydrogens (tertiary/aromatic N) is 4. The van der Waals surface area contributed by atoms with Gasteiger partial charge in [0.05, 0.1) is 18.3 Å². The fourth-order valence-corrected chi connectivity index (χ4v) is 4.26. The molecule has 1 fully saturated rings. The molecule has 1 aromatic carbocycles. The molecule has 1 saturated heterocycles. The Morgan fingerprint density at radius 2 is 1.90 bits per heavy atom. The number of piperidine rings is 1. The lowest BCUT2D eigenvalue weighted by molar-refractivity contribution is -0.129. The molecule has 152 valence electrons. The van der Waals surface area contributed by atoms with E-state index in [1.54, 1.807) is 6.92 Å². The van der Waals surface area contributed by atoms with Crippen molar-refractivity contribution in [3.8, 4) is 0 Å². The lowest BCUT2D eigenvalue weighted by Gasteiger charge is -2.36. The van der Waals surface area contributed by atoms with E-state index in [1.165, 1.54) is 0 Å². The van der Waals surface area contributed by atoms with Crippen molar-refractivity contribution in [3.05, 3.63) is 53.0 Å². The van der Waals surface area contributed by atoms with Crippen molar-refractivity contribution in [2.24, 2.45) is 0 Å².